The molecule has 1 amide bonds. The fourth-order valence-electron chi connectivity index (χ4n) is 3.05. The van der Waals surface area contributed by atoms with E-state index in [0.29, 0.717) is 11.8 Å². The van der Waals surface area contributed by atoms with Crippen LogP contribution in [0.3, 0.4) is 0 Å². The number of halogens is 1. The van der Waals surface area contributed by atoms with Crippen molar-refractivity contribution in [1.82, 2.24) is 9.21 Å². The molecule has 1 N–H and O–H groups in total. The molecule has 21 heavy (non-hydrogen) atoms. The van der Waals surface area contributed by atoms with E-state index in [1.165, 1.54) is 9.21 Å². The molecular formula is C13H15BrN2O4S. The number of carboxylic acid groups (broad SMARTS) is 1. The molecule has 2 bridgehead atoms. The highest BCUT2D eigenvalue weighted by Crippen LogP contribution is 2.34. The third-order valence-electron chi connectivity index (χ3n) is 4.12. The zero-order chi connectivity index (χ0) is 15.2. The van der Waals surface area contributed by atoms with Gasteiger partial charge in [0.05, 0.1) is 10.9 Å². The van der Waals surface area contributed by atoms with Crippen LogP contribution in [0.5, 0.6) is 0 Å². The van der Waals surface area contributed by atoms with Crippen molar-refractivity contribution in [3.63, 3.8) is 0 Å². The molecule has 2 aliphatic rings. The summed E-state index contributed by atoms with van der Waals surface area (Å²) in [4.78, 5) is 12.6. The van der Waals surface area contributed by atoms with Gasteiger partial charge >= 0.3 is 6.09 Å². The minimum Gasteiger partial charge on any atom is -0.465 e. The second-order valence-corrected chi connectivity index (χ2v) is 7.78. The average Bonchev–Trinajstić information content (AvgIpc) is 3.07. The van der Waals surface area contributed by atoms with Crippen molar-refractivity contribution >= 4 is 32.0 Å². The van der Waals surface area contributed by atoms with Crippen LogP contribution in [0.25, 0.3) is 0 Å². The standard InChI is InChI=1S/C13H15BrN2O4S/c14-6-9-1-3-12(4-2-9)21(19,20)16-8-10-5-11(16)7-15(10)13(17)18/h1-4,10-11H,5-8H2,(H,17,18)/t10-,11-/m0/s1. The van der Waals surface area contributed by atoms with Gasteiger partial charge in [-0.1, -0.05) is 28.1 Å². The lowest BCUT2D eigenvalue weighted by atomic mass is 10.2. The number of hydrogen-bond acceptors (Lipinski definition) is 3. The topological polar surface area (TPSA) is 77.9 Å². The third-order valence-corrected chi connectivity index (χ3v) is 6.70. The van der Waals surface area contributed by atoms with Gasteiger partial charge in [-0.25, -0.2) is 13.2 Å². The summed E-state index contributed by atoms with van der Waals surface area (Å²) in [5.74, 6) is 0. The van der Waals surface area contributed by atoms with Gasteiger partial charge in [0.25, 0.3) is 0 Å². The number of alkyl halides is 1. The average molecular weight is 375 g/mol. The first kappa shape index (κ1) is 14.8. The molecule has 0 spiro atoms. The Morgan fingerprint density at radius 1 is 1.24 bits per heavy atom. The second-order valence-electron chi connectivity index (χ2n) is 5.33. The molecule has 2 heterocycles. The second kappa shape index (κ2) is 5.26. The molecule has 2 atom stereocenters. The van der Waals surface area contributed by atoms with Crippen LogP contribution in [0.15, 0.2) is 29.2 Å². The van der Waals surface area contributed by atoms with Crippen molar-refractivity contribution in [3.8, 4) is 0 Å². The van der Waals surface area contributed by atoms with Crippen molar-refractivity contribution in [2.45, 2.75) is 28.7 Å². The van der Waals surface area contributed by atoms with Crippen LogP contribution in [-0.2, 0) is 15.4 Å². The molecule has 3 rings (SSSR count). The fraction of sp³-hybridized carbons (Fsp3) is 0.462. The molecular weight excluding hydrogens is 360 g/mol. The molecule has 0 saturated carbocycles. The van der Waals surface area contributed by atoms with E-state index >= 15 is 0 Å². The summed E-state index contributed by atoms with van der Waals surface area (Å²) in [6, 6.07) is 6.30. The largest absolute Gasteiger partial charge is 0.465 e. The molecule has 2 saturated heterocycles. The number of likely N-dealkylation sites (tertiary alicyclic amines) is 1. The zero-order valence-corrected chi connectivity index (χ0v) is 13.5. The van der Waals surface area contributed by atoms with E-state index in [0.717, 1.165) is 5.56 Å². The highest BCUT2D eigenvalue weighted by atomic mass is 79.9. The maximum Gasteiger partial charge on any atom is 0.407 e. The Labute approximate surface area is 131 Å². The Morgan fingerprint density at radius 3 is 2.38 bits per heavy atom. The van der Waals surface area contributed by atoms with E-state index in [1.807, 2.05) is 0 Å². The van der Waals surface area contributed by atoms with E-state index in [2.05, 4.69) is 15.9 Å². The predicted molar refractivity (Wildman–Crippen MR) is 79.9 cm³/mol. The monoisotopic (exact) mass is 374 g/mol. The van der Waals surface area contributed by atoms with Crippen LogP contribution in [0.1, 0.15) is 12.0 Å². The van der Waals surface area contributed by atoms with Crippen molar-refractivity contribution < 1.29 is 18.3 Å². The number of fused-ring (bicyclic) bond motifs is 2. The van der Waals surface area contributed by atoms with Crippen molar-refractivity contribution in [2.24, 2.45) is 0 Å². The van der Waals surface area contributed by atoms with Crippen LogP contribution >= 0.6 is 15.9 Å². The summed E-state index contributed by atoms with van der Waals surface area (Å²) >= 11 is 3.32. The SMILES string of the molecule is O=C(O)N1C[C@@H]2C[C@H]1CN2S(=O)(=O)c1ccc(CBr)cc1. The van der Waals surface area contributed by atoms with E-state index in [9.17, 15) is 13.2 Å². The summed E-state index contributed by atoms with van der Waals surface area (Å²) in [6.07, 6.45) is -0.383. The first-order chi connectivity index (χ1) is 9.93. The van der Waals surface area contributed by atoms with Crippen LogP contribution in [0.4, 0.5) is 4.79 Å². The summed E-state index contributed by atoms with van der Waals surface area (Å²) in [6.45, 7) is 0.512. The first-order valence-corrected chi connectivity index (χ1v) is 9.16. The number of sulfonamides is 1. The number of hydrogen-bond donors (Lipinski definition) is 1. The number of benzene rings is 1. The lowest BCUT2D eigenvalue weighted by Gasteiger charge is -2.31. The highest BCUT2D eigenvalue weighted by Gasteiger charge is 2.50. The number of rotatable bonds is 3. The predicted octanol–water partition coefficient (Wildman–Crippen LogP) is 1.71. The maximum atomic E-state index is 12.6. The molecule has 1 aromatic rings. The van der Waals surface area contributed by atoms with Crippen LogP contribution in [0, 0.1) is 0 Å². The summed E-state index contributed by atoms with van der Waals surface area (Å²) in [5.41, 5.74) is 1.01. The maximum absolute atomic E-state index is 12.6. The lowest BCUT2D eigenvalue weighted by molar-refractivity contribution is 0.123. The van der Waals surface area contributed by atoms with E-state index in [1.54, 1.807) is 24.3 Å². The number of amides is 1. The van der Waals surface area contributed by atoms with Crippen LogP contribution in [-0.4, -0.2) is 54.0 Å². The molecule has 114 valence electrons. The van der Waals surface area contributed by atoms with Gasteiger partial charge in [0.1, 0.15) is 0 Å². The van der Waals surface area contributed by atoms with Crippen LogP contribution in [0.2, 0.25) is 0 Å². The van der Waals surface area contributed by atoms with Gasteiger partial charge < -0.3 is 10.0 Å². The number of piperazine rings is 1. The lowest BCUT2D eigenvalue weighted by Crippen LogP contribution is -2.50. The first-order valence-electron chi connectivity index (χ1n) is 6.60. The van der Waals surface area contributed by atoms with Crippen molar-refractivity contribution in [2.75, 3.05) is 13.1 Å². The third kappa shape index (κ3) is 2.45. The summed E-state index contributed by atoms with van der Waals surface area (Å²) < 4.78 is 26.7. The Kier molecular flexibility index (Phi) is 3.71. The summed E-state index contributed by atoms with van der Waals surface area (Å²) in [5, 5.41) is 9.73. The molecule has 2 fully saturated rings. The zero-order valence-electron chi connectivity index (χ0n) is 11.1. The van der Waals surface area contributed by atoms with Gasteiger partial charge in [-0.15, -0.1) is 0 Å². The molecule has 1 aromatic carbocycles. The number of nitrogens with zero attached hydrogens (tertiary/aromatic N) is 2. The summed E-state index contributed by atoms with van der Waals surface area (Å²) in [7, 11) is -3.55. The Hall–Kier alpha value is -1.12. The number of carbonyl (C=O) groups is 1. The van der Waals surface area contributed by atoms with Gasteiger partial charge in [-0.3, -0.25) is 0 Å². The van der Waals surface area contributed by atoms with Gasteiger partial charge in [0.15, 0.2) is 0 Å². The molecule has 0 unspecified atom stereocenters. The molecule has 0 radical (unpaired) electrons. The van der Waals surface area contributed by atoms with E-state index in [-0.39, 0.29) is 30.1 Å². The Bertz CT molecular complexity index is 661. The Balaban J connectivity index is 1.83. The normalized spacial score (nSPS) is 25.5. The van der Waals surface area contributed by atoms with Gasteiger partial charge in [0, 0.05) is 24.5 Å². The highest BCUT2D eigenvalue weighted by molar-refractivity contribution is 9.08. The Morgan fingerprint density at radius 2 is 1.90 bits per heavy atom. The quantitative estimate of drug-likeness (QED) is 0.816. The fourth-order valence-corrected chi connectivity index (χ4v) is 5.08. The molecule has 0 aliphatic carbocycles. The molecule has 2 aliphatic heterocycles. The van der Waals surface area contributed by atoms with Gasteiger partial charge in [-0.2, -0.15) is 4.31 Å². The van der Waals surface area contributed by atoms with Gasteiger partial charge in [-0.05, 0) is 24.1 Å². The van der Waals surface area contributed by atoms with Crippen LogP contribution < -0.4 is 0 Å². The molecule has 0 aromatic heterocycles. The molecule has 6 nitrogen and oxygen atoms in total. The molecule has 8 heteroatoms. The minimum atomic E-state index is -3.55. The van der Waals surface area contributed by atoms with E-state index < -0.39 is 16.1 Å². The van der Waals surface area contributed by atoms with Gasteiger partial charge in [0.2, 0.25) is 10.0 Å². The van der Waals surface area contributed by atoms with E-state index in [4.69, 9.17) is 5.11 Å². The smallest absolute Gasteiger partial charge is 0.407 e. The van der Waals surface area contributed by atoms with Crippen molar-refractivity contribution in [3.05, 3.63) is 29.8 Å². The van der Waals surface area contributed by atoms with Crippen molar-refractivity contribution in [1.29, 1.82) is 0 Å². The minimum absolute atomic E-state index is 0.218.